The zero-order valence-corrected chi connectivity index (χ0v) is 18.4. The number of esters is 2. The predicted molar refractivity (Wildman–Crippen MR) is 113 cm³/mol. The molecule has 30 heavy (non-hydrogen) atoms. The van der Waals surface area contributed by atoms with Crippen molar-refractivity contribution in [2.45, 2.75) is 51.6 Å². The SMILES string of the molecule is C=CC(=O)OCCOC1(C)CCC2C3CC(COCCOC(=O)C(=C)C)C(C3)C2C1. The highest BCUT2D eigenvalue weighted by Crippen LogP contribution is 2.61. The van der Waals surface area contributed by atoms with E-state index in [2.05, 4.69) is 20.1 Å². The standard InChI is InChI=1S/C24H36O6/c1-5-22(25)28-10-11-30-24(4)7-6-19-17-12-18(20(13-17)21(19)14-24)15-27-8-9-29-23(26)16(2)3/h5,17-21H,1-2,6-15H2,3-4H3. The maximum absolute atomic E-state index is 11.4. The lowest BCUT2D eigenvalue weighted by molar-refractivity contribution is -0.145. The van der Waals surface area contributed by atoms with E-state index in [9.17, 15) is 9.59 Å². The molecule has 3 rings (SSSR count). The summed E-state index contributed by atoms with van der Waals surface area (Å²) in [4.78, 5) is 22.6. The van der Waals surface area contributed by atoms with Gasteiger partial charge in [-0.15, -0.1) is 0 Å². The van der Waals surface area contributed by atoms with Gasteiger partial charge < -0.3 is 18.9 Å². The van der Waals surface area contributed by atoms with Crippen molar-refractivity contribution in [1.29, 1.82) is 0 Å². The zero-order valence-electron chi connectivity index (χ0n) is 18.4. The van der Waals surface area contributed by atoms with Crippen LogP contribution in [0.15, 0.2) is 24.8 Å². The predicted octanol–water partition coefficient (Wildman–Crippen LogP) is 3.70. The van der Waals surface area contributed by atoms with Gasteiger partial charge in [0.15, 0.2) is 0 Å². The maximum Gasteiger partial charge on any atom is 0.333 e. The first kappa shape index (κ1) is 23.0. The first-order valence-electron chi connectivity index (χ1n) is 11.2. The summed E-state index contributed by atoms with van der Waals surface area (Å²) < 4.78 is 22.2. The molecule has 6 heteroatoms. The lowest BCUT2D eigenvalue weighted by Crippen LogP contribution is -2.44. The number of hydrogen-bond acceptors (Lipinski definition) is 6. The van der Waals surface area contributed by atoms with Gasteiger partial charge in [0.1, 0.15) is 13.2 Å². The van der Waals surface area contributed by atoms with E-state index in [0.717, 1.165) is 31.3 Å². The molecule has 0 amide bonds. The van der Waals surface area contributed by atoms with Gasteiger partial charge in [-0.1, -0.05) is 13.2 Å². The summed E-state index contributed by atoms with van der Waals surface area (Å²) in [5, 5.41) is 0. The lowest BCUT2D eigenvalue weighted by atomic mass is 9.64. The molecule has 0 aromatic heterocycles. The molecule has 6 atom stereocenters. The third-order valence-electron chi connectivity index (χ3n) is 7.25. The Labute approximate surface area is 180 Å². The molecule has 3 aliphatic carbocycles. The van der Waals surface area contributed by atoms with E-state index in [1.807, 2.05) is 0 Å². The molecule has 2 bridgehead atoms. The molecular formula is C24H36O6. The Balaban J connectivity index is 1.41. The molecular weight excluding hydrogens is 384 g/mol. The smallest absolute Gasteiger partial charge is 0.333 e. The van der Waals surface area contributed by atoms with Crippen LogP contribution in [-0.4, -0.2) is 50.6 Å². The first-order chi connectivity index (χ1) is 14.3. The first-order valence-corrected chi connectivity index (χ1v) is 11.2. The van der Waals surface area contributed by atoms with Crippen LogP contribution in [0.1, 0.15) is 46.0 Å². The average molecular weight is 421 g/mol. The van der Waals surface area contributed by atoms with Crippen LogP contribution in [0.25, 0.3) is 0 Å². The van der Waals surface area contributed by atoms with Gasteiger partial charge in [-0.2, -0.15) is 0 Å². The average Bonchev–Trinajstić information content (AvgIpc) is 3.28. The van der Waals surface area contributed by atoms with Crippen molar-refractivity contribution in [3.05, 3.63) is 24.8 Å². The van der Waals surface area contributed by atoms with Crippen molar-refractivity contribution in [1.82, 2.24) is 0 Å². The Morgan fingerprint density at radius 2 is 1.83 bits per heavy atom. The quantitative estimate of drug-likeness (QED) is 0.288. The summed E-state index contributed by atoms with van der Waals surface area (Å²) in [6.07, 6.45) is 7.10. The molecule has 168 valence electrons. The third-order valence-corrected chi connectivity index (χ3v) is 7.25. The van der Waals surface area contributed by atoms with Gasteiger partial charge in [-0.3, -0.25) is 0 Å². The van der Waals surface area contributed by atoms with Gasteiger partial charge in [0.2, 0.25) is 0 Å². The molecule has 0 heterocycles. The molecule has 0 aromatic rings. The van der Waals surface area contributed by atoms with E-state index in [0.29, 0.717) is 36.5 Å². The van der Waals surface area contributed by atoms with Crippen LogP contribution < -0.4 is 0 Å². The van der Waals surface area contributed by atoms with E-state index in [-0.39, 0.29) is 24.8 Å². The Kier molecular flexibility index (Phi) is 7.75. The molecule has 0 aliphatic heterocycles. The van der Waals surface area contributed by atoms with Crippen molar-refractivity contribution in [2.24, 2.45) is 29.6 Å². The van der Waals surface area contributed by atoms with E-state index in [4.69, 9.17) is 18.9 Å². The summed E-state index contributed by atoms with van der Waals surface area (Å²) in [5.41, 5.74) is 0.268. The highest BCUT2D eigenvalue weighted by molar-refractivity contribution is 5.86. The Hall–Kier alpha value is -1.66. The van der Waals surface area contributed by atoms with Crippen molar-refractivity contribution in [3.63, 3.8) is 0 Å². The van der Waals surface area contributed by atoms with Gasteiger partial charge in [0.25, 0.3) is 0 Å². The van der Waals surface area contributed by atoms with Crippen LogP contribution in [0.3, 0.4) is 0 Å². The van der Waals surface area contributed by atoms with Crippen LogP contribution >= 0.6 is 0 Å². The Morgan fingerprint density at radius 1 is 1.07 bits per heavy atom. The van der Waals surface area contributed by atoms with Crippen LogP contribution in [0.4, 0.5) is 0 Å². The number of carbonyl (C=O) groups excluding carboxylic acids is 2. The number of carbonyl (C=O) groups is 2. The van der Waals surface area contributed by atoms with Gasteiger partial charge in [0, 0.05) is 18.3 Å². The fourth-order valence-corrected chi connectivity index (χ4v) is 5.93. The van der Waals surface area contributed by atoms with Crippen LogP contribution in [0, 0.1) is 29.6 Å². The van der Waals surface area contributed by atoms with E-state index in [1.165, 1.54) is 25.3 Å². The largest absolute Gasteiger partial charge is 0.460 e. The van der Waals surface area contributed by atoms with Gasteiger partial charge >= 0.3 is 11.9 Å². The molecule has 6 nitrogen and oxygen atoms in total. The summed E-state index contributed by atoms with van der Waals surface area (Å²) >= 11 is 0. The van der Waals surface area contributed by atoms with Crippen LogP contribution in [0.5, 0.6) is 0 Å². The Morgan fingerprint density at radius 3 is 2.57 bits per heavy atom. The zero-order chi connectivity index (χ0) is 21.7. The number of ether oxygens (including phenoxy) is 4. The van der Waals surface area contributed by atoms with Crippen molar-refractivity contribution in [3.8, 4) is 0 Å². The van der Waals surface area contributed by atoms with Crippen molar-refractivity contribution < 1.29 is 28.5 Å². The van der Waals surface area contributed by atoms with E-state index < -0.39 is 5.97 Å². The van der Waals surface area contributed by atoms with Crippen LogP contribution in [0.2, 0.25) is 0 Å². The van der Waals surface area contributed by atoms with Gasteiger partial charge in [-0.25, -0.2) is 9.59 Å². The highest BCUT2D eigenvalue weighted by Gasteiger charge is 2.55. The molecule has 0 radical (unpaired) electrons. The van der Waals surface area contributed by atoms with Crippen molar-refractivity contribution >= 4 is 11.9 Å². The molecule has 3 fully saturated rings. The fourth-order valence-electron chi connectivity index (χ4n) is 5.93. The normalized spacial score (nSPS) is 34.3. The van der Waals surface area contributed by atoms with Gasteiger partial charge in [-0.05, 0) is 75.5 Å². The third kappa shape index (κ3) is 5.52. The minimum atomic E-state index is -0.405. The molecule has 6 unspecified atom stereocenters. The molecule has 0 N–H and O–H groups in total. The summed E-state index contributed by atoms with van der Waals surface area (Å²) in [7, 11) is 0. The monoisotopic (exact) mass is 420 g/mol. The minimum absolute atomic E-state index is 0.144. The number of hydrogen-bond donors (Lipinski definition) is 0. The Bertz CT molecular complexity index is 658. The molecule has 3 saturated carbocycles. The second-order valence-corrected chi connectivity index (χ2v) is 9.39. The summed E-state index contributed by atoms with van der Waals surface area (Å²) in [5.74, 6) is 2.84. The molecule has 0 aromatic carbocycles. The lowest BCUT2D eigenvalue weighted by Gasteiger charge is -2.46. The van der Waals surface area contributed by atoms with E-state index >= 15 is 0 Å². The van der Waals surface area contributed by atoms with Gasteiger partial charge in [0.05, 0.1) is 18.8 Å². The fraction of sp³-hybridized carbons (Fsp3) is 0.750. The van der Waals surface area contributed by atoms with Crippen LogP contribution in [-0.2, 0) is 28.5 Å². The molecule has 0 saturated heterocycles. The second-order valence-electron chi connectivity index (χ2n) is 9.39. The van der Waals surface area contributed by atoms with Crippen molar-refractivity contribution in [2.75, 3.05) is 33.0 Å². The summed E-state index contributed by atoms with van der Waals surface area (Å²) in [6, 6.07) is 0. The number of rotatable bonds is 11. The summed E-state index contributed by atoms with van der Waals surface area (Å²) in [6.45, 7) is 13.0. The second kappa shape index (κ2) is 10.1. The highest BCUT2D eigenvalue weighted by atomic mass is 16.6. The van der Waals surface area contributed by atoms with E-state index in [1.54, 1.807) is 6.92 Å². The molecule has 3 aliphatic rings. The minimum Gasteiger partial charge on any atom is -0.460 e. The topological polar surface area (TPSA) is 71.1 Å². The number of fused-ring (bicyclic) bond motifs is 5. The maximum atomic E-state index is 11.4. The molecule has 0 spiro atoms.